The standard InChI is InChI=1S/C22H20F3N5OS/c1-14(2)31-17-5-3-15(4-6-17)21-28-12-18(32-21)11-27-16-9-19(22(23,24)25)29-20(10-16)30-8-7-26-13-30/h3-10,12-14H,11H2,1-2H3,(H,27,29). The number of imidazole rings is 1. The van der Waals surface area contributed by atoms with E-state index in [4.69, 9.17) is 4.74 Å². The first-order chi connectivity index (χ1) is 15.3. The maximum Gasteiger partial charge on any atom is 0.433 e. The van der Waals surface area contributed by atoms with E-state index in [1.165, 1.54) is 28.4 Å². The Morgan fingerprint density at radius 3 is 2.59 bits per heavy atom. The molecule has 0 aliphatic carbocycles. The average molecular weight is 459 g/mol. The largest absolute Gasteiger partial charge is 0.491 e. The van der Waals surface area contributed by atoms with Gasteiger partial charge in [-0.25, -0.2) is 15.0 Å². The van der Waals surface area contributed by atoms with Crippen molar-refractivity contribution >= 4 is 17.0 Å². The lowest BCUT2D eigenvalue weighted by Crippen LogP contribution is -2.11. The Hall–Kier alpha value is -3.40. The third-order valence-corrected chi connectivity index (χ3v) is 5.41. The Morgan fingerprint density at radius 1 is 1.16 bits per heavy atom. The summed E-state index contributed by atoms with van der Waals surface area (Å²) in [5, 5.41) is 3.87. The number of halogens is 3. The van der Waals surface area contributed by atoms with Gasteiger partial charge in [-0.05, 0) is 44.2 Å². The van der Waals surface area contributed by atoms with Crippen LogP contribution >= 0.6 is 11.3 Å². The Labute approximate surface area is 186 Å². The van der Waals surface area contributed by atoms with Gasteiger partial charge >= 0.3 is 6.18 Å². The molecule has 0 spiro atoms. The van der Waals surface area contributed by atoms with Crippen LogP contribution in [0.1, 0.15) is 24.4 Å². The van der Waals surface area contributed by atoms with Gasteiger partial charge in [0.2, 0.25) is 0 Å². The predicted octanol–water partition coefficient (Wildman–Crippen LogP) is 5.81. The highest BCUT2D eigenvalue weighted by Gasteiger charge is 2.33. The zero-order valence-electron chi connectivity index (χ0n) is 17.3. The van der Waals surface area contributed by atoms with Gasteiger partial charge in [-0.2, -0.15) is 13.2 Å². The number of hydrogen-bond acceptors (Lipinski definition) is 6. The molecule has 0 unspecified atom stereocenters. The number of thiazole rings is 1. The van der Waals surface area contributed by atoms with E-state index in [0.717, 1.165) is 27.3 Å². The molecule has 10 heteroatoms. The number of nitrogens with zero attached hydrogens (tertiary/aromatic N) is 4. The second-order valence-corrected chi connectivity index (χ2v) is 8.36. The molecule has 0 fully saturated rings. The summed E-state index contributed by atoms with van der Waals surface area (Å²) in [6, 6.07) is 10.2. The van der Waals surface area contributed by atoms with Gasteiger partial charge in [-0.1, -0.05) is 0 Å². The minimum Gasteiger partial charge on any atom is -0.491 e. The van der Waals surface area contributed by atoms with Crippen molar-refractivity contribution in [1.29, 1.82) is 0 Å². The van der Waals surface area contributed by atoms with E-state index >= 15 is 0 Å². The maximum atomic E-state index is 13.3. The van der Waals surface area contributed by atoms with Crippen LogP contribution in [0.3, 0.4) is 0 Å². The molecular formula is C22H20F3N5OS. The summed E-state index contributed by atoms with van der Waals surface area (Å²) >= 11 is 1.47. The van der Waals surface area contributed by atoms with Crippen molar-refractivity contribution in [3.05, 3.63) is 71.9 Å². The second kappa shape index (κ2) is 8.99. The van der Waals surface area contributed by atoms with E-state index in [1.807, 2.05) is 38.1 Å². The average Bonchev–Trinajstić information content (AvgIpc) is 3.44. The first-order valence-corrected chi connectivity index (χ1v) is 10.6. The monoisotopic (exact) mass is 459 g/mol. The normalized spacial score (nSPS) is 11.7. The Morgan fingerprint density at radius 2 is 1.94 bits per heavy atom. The molecule has 166 valence electrons. The fourth-order valence-corrected chi connectivity index (χ4v) is 3.81. The summed E-state index contributed by atoms with van der Waals surface area (Å²) in [4.78, 5) is 12.9. The van der Waals surface area contributed by atoms with Crippen LogP contribution in [0.15, 0.2) is 61.3 Å². The number of benzene rings is 1. The molecule has 0 aliphatic heterocycles. The van der Waals surface area contributed by atoms with Crippen LogP contribution in [0.2, 0.25) is 0 Å². The smallest absolute Gasteiger partial charge is 0.433 e. The van der Waals surface area contributed by atoms with E-state index in [1.54, 1.807) is 18.5 Å². The van der Waals surface area contributed by atoms with Crippen molar-refractivity contribution in [2.24, 2.45) is 0 Å². The first kappa shape index (κ1) is 21.8. The summed E-state index contributed by atoms with van der Waals surface area (Å²) in [7, 11) is 0. The Balaban J connectivity index is 1.49. The predicted molar refractivity (Wildman–Crippen MR) is 117 cm³/mol. The highest BCUT2D eigenvalue weighted by atomic mass is 32.1. The van der Waals surface area contributed by atoms with Crippen LogP contribution < -0.4 is 10.1 Å². The topological polar surface area (TPSA) is 64.9 Å². The highest BCUT2D eigenvalue weighted by molar-refractivity contribution is 7.15. The molecule has 6 nitrogen and oxygen atoms in total. The van der Waals surface area contributed by atoms with E-state index in [-0.39, 0.29) is 11.9 Å². The third kappa shape index (κ3) is 5.25. The van der Waals surface area contributed by atoms with E-state index in [0.29, 0.717) is 12.2 Å². The maximum absolute atomic E-state index is 13.3. The molecule has 32 heavy (non-hydrogen) atoms. The van der Waals surface area contributed by atoms with Crippen LogP contribution in [0.5, 0.6) is 5.75 Å². The number of anilines is 1. The number of ether oxygens (including phenoxy) is 1. The molecule has 0 bridgehead atoms. The molecule has 0 saturated carbocycles. The summed E-state index contributed by atoms with van der Waals surface area (Å²) in [5.41, 5.74) is 0.282. The van der Waals surface area contributed by atoms with Gasteiger partial charge in [0.05, 0.1) is 12.6 Å². The molecule has 3 aromatic heterocycles. The molecule has 0 amide bonds. The lowest BCUT2D eigenvalue weighted by molar-refractivity contribution is -0.141. The zero-order chi connectivity index (χ0) is 22.7. The number of alkyl halides is 3. The molecule has 3 heterocycles. The summed E-state index contributed by atoms with van der Waals surface area (Å²) in [6.45, 7) is 4.26. The Bertz CT molecular complexity index is 1170. The van der Waals surface area contributed by atoms with Gasteiger partial charge in [-0.3, -0.25) is 4.57 Å². The van der Waals surface area contributed by atoms with E-state index in [9.17, 15) is 13.2 Å². The second-order valence-electron chi connectivity index (χ2n) is 7.24. The summed E-state index contributed by atoms with van der Waals surface area (Å²) in [6.07, 6.45) is 1.68. The number of pyridine rings is 1. The van der Waals surface area contributed by atoms with Crippen molar-refractivity contribution in [2.45, 2.75) is 32.7 Å². The van der Waals surface area contributed by atoms with Gasteiger partial charge in [0.15, 0.2) is 0 Å². The zero-order valence-corrected chi connectivity index (χ0v) is 18.1. The quantitative estimate of drug-likeness (QED) is 0.378. The molecule has 1 N–H and O–H groups in total. The minimum atomic E-state index is -4.56. The van der Waals surface area contributed by atoms with E-state index in [2.05, 4.69) is 20.3 Å². The van der Waals surface area contributed by atoms with Crippen LogP contribution in [-0.2, 0) is 12.7 Å². The third-order valence-electron chi connectivity index (χ3n) is 4.36. The molecule has 0 saturated heterocycles. The molecule has 0 atom stereocenters. The summed E-state index contributed by atoms with van der Waals surface area (Å²) < 4.78 is 47.0. The van der Waals surface area contributed by atoms with Gasteiger partial charge in [0, 0.05) is 40.8 Å². The van der Waals surface area contributed by atoms with Crippen molar-refractivity contribution in [2.75, 3.05) is 5.32 Å². The number of rotatable bonds is 7. The number of aromatic nitrogens is 4. The molecule has 0 radical (unpaired) electrons. The van der Waals surface area contributed by atoms with Crippen molar-refractivity contribution < 1.29 is 17.9 Å². The highest BCUT2D eigenvalue weighted by Crippen LogP contribution is 2.31. The SMILES string of the molecule is CC(C)Oc1ccc(-c2ncc(CNc3cc(-n4ccnc4)nc(C(F)(F)F)c3)s2)cc1. The molecular weight excluding hydrogens is 439 g/mol. The number of hydrogen-bond donors (Lipinski definition) is 1. The lowest BCUT2D eigenvalue weighted by atomic mass is 10.2. The van der Waals surface area contributed by atoms with Crippen molar-refractivity contribution in [1.82, 2.24) is 19.5 Å². The fraction of sp³-hybridized carbons (Fsp3) is 0.227. The number of nitrogens with one attached hydrogen (secondary N) is 1. The fourth-order valence-electron chi connectivity index (χ4n) is 2.95. The molecule has 4 rings (SSSR count). The lowest BCUT2D eigenvalue weighted by Gasteiger charge is -2.12. The molecule has 1 aromatic carbocycles. The van der Waals surface area contributed by atoms with Gasteiger partial charge in [0.1, 0.15) is 28.6 Å². The van der Waals surface area contributed by atoms with Crippen LogP contribution in [0.4, 0.5) is 18.9 Å². The van der Waals surface area contributed by atoms with Crippen molar-refractivity contribution in [3.8, 4) is 22.1 Å². The first-order valence-electron chi connectivity index (χ1n) is 9.81. The Kier molecular flexibility index (Phi) is 6.13. The van der Waals surface area contributed by atoms with Crippen LogP contribution in [0.25, 0.3) is 16.4 Å². The van der Waals surface area contributed by atoms with Crippen LogP contribution in [0, 0.1) is 0 Å². The van der Waals surface area contributed by atoms with Gasteiger partial charge in [0.25, 0.3) is 0 Å². The minimum absolute atomic E-state index is 0.0960. The van der Waals surface area contributed by atoms with Gasteiger partial charge < -0.3 is 10.1 Å². The van der Waals surface area contributed by atoms with Crippen LogP contribution in [-0.4, -0.2) is 25.6 Å². The van der Waals surface area contributed by atoms with Crippen molar-refractivity contribution in [3.63, 3.8) is 0 Å². The summed E-state index contributed by atoms with van der Waals surface area (Å²) in [5.74, 6) is 0.919. The van der Waals surface area contributed by atoms with Gasteiger partial charge in [-0.15, -0.1) is 11.3 Å². The molecule has 4 aromatic rings. The van der Waals surface area contributed by atoms with E-state index < -0.39 is 11.9 Å². The molecule has 0 aliphatic rings.